The Bertz CT molecular complexity index is 2360. The second kappa shape index (κ2) is 13.4. The van der Waals surface area contributed by atoms with Crippen molar-refractivity contribution < 1.29 is 0 Å². The molecule has 0 unspecified atom stereocenters. The highest BCUT2D eigenvalue weighted by atomic mass is 32.1. The average Bonchev–Trinajstić information content (AvgIpc) is 3.95. The Morgan fingerprint density at radius 3 is 1.35 bits per heavy atom. The maximum Gasteiger partial charge on any atom is 0.101 e. The first-order valence-electron chi connectivity index (χ1n) is 14.6. The highest BCUT2D eigenvalue weighted by Gasteiger charge is 2.13. The Morgan fingerprint density at radius 1 is 0.521 bits per heavy atom. The van der Waals surface area contributed by atoms with Gasteiger partial charge in [0.15, 0.2) is 0 Å². The van der Waals surface area contributed by atoms with Crippen molar-refractivity contribution in [3.05, 3.63) is 128 Å². The van der Waals surface area contributed by atoms with E-state index in [4.69, 9.17) is 9.97 Å². The third kappa shape index (κ3) is 6.26. The van der Waals surface area contributed by atoms with Crippen molar-refractivity contribution in [2.45, 2.75) is 0 Å². The molecule has 8 aromatic rings. The van der Waals surface area contributed by atoms with Gasteiger partial charge in [0.25, 0.3) is 0 Å². The number of nitriles is 2. The molecule has 0 radical (unpaired) electrons. The van der Waals surface area contributed by atoms with Crippen molar-refractivity contribution in [1.29, 1.82) is 10.5 Å². The molecule has 0 amide bonds. The van der Waals surface area contributed by atoms with Gasteiger partial charge in [0, 0.05) is 72.3 Å². The fourth-order valence-corrected chi connectivity index (χ4v) is 10.6. The van der Waals surface area contributed by atoms with Crippen molar-refractivity contribution in [2.24, 2.45) is 0 Å². The molecule has 8 heterocycles. The van der Waals surface area contributed by atoms with Crippen molar-refractivity contribution in [3.8, 4) is 52.5 Å². The van der Waals surface area contributed by atoms with Crippen LogP contribution in [0.2, 0.25) is 0 Å². The number of rotatable bonds is 8. The lowest BCUT2D eigenvalue weighted by Gasteiger charge is -2.03. The van der Waals surface area contributed by atoms with Crippen LogP contribution in [0.1, 0.15) is 19.5 Å². The van der Waals surface area contributed by atoms with Gasteiger partial charge in [-0.2, -0.15) is 10.5 Å². The molecule has 0 fully saturated rings. The topological polar surface area (TPSA) is 73.4 Å². The van der Waals surface area contributed by atoms with Crippen LogP contribution in [0.15, 0.2) is 108 Å². The third-order valence-electron chi connectivity index (χ3n) is 7.44. The van der Waals surface area contributed by atoms with Crippen LogP contribution in [0.25, 0.3) is 74.7 Å². The Balaban J connectivity index is 0.994. The minimum Gasteiger partial charge on any atom is -0.254 e. The van der Waals surface area contributed by atoms with Crippen molar-refractivity contribution >= 4 is 102 Å². The first-order valence-corrected chi connectivity index (χ1v) is 19.6. The molecule has 0 aliphatic carbocycles. The fourth-order valence-electron chi connectivity index (χ4n) is 5.11. The maximum atomic E-state index is 9.63. The summed E-state index contributed by atoms with van der Waals surface area (Å²) in [5.41, 5.74) is 5.18. The highest BCUT2D eigenvalue weighted by molar-refractivity contribution is 7.25. The van der Waals surface area contributed by atoms with E-state index in [0.29, 0.717) is 11.1 Å². The van der Waals surface area contributed by atoms with Crippen LogP contribution >= 0.6 is 68.0 Å². The van der Waals surface area contributed by atoms with E-state index in [1.54, 1.807) is 68.0 Å². The molecule has 0 atom stereocenters. The molecule has 0 spiro atoms. The number of nitrogens with zero attached hydrogens (tertiary/aromatic N) is 4. The summed E-state index contributed by atoms with van der Waals surface area (Å²) in [6, 6.07) is 33.8. The summed E-state index contributed by atoms with van der Waals surface area (Å²) in [5, 5.41) is 23.2. The smallest absolute Gasteiger partial charge is 0.101 e. The summed E-state index contributed by atoms with van der Waals surface area (Å²) in [6.45, 7) is 0. The average molecular weight is 725 g/mol. The second-order valence-electron chi connectivity index (χ2n) is 10.5. The van der Waals surface area contributed by atoms with Crippen LogP contribution in [0.4, 0.5) is 0 Å². The van der Waals surface area contributed by atoms with Gasteiger partial charge in [0.05, 0.1) is 22.2 Å². The number of hydrogen-bond donors (Lipinski definition) is 0. The summed E-state index contributed by atoms with van der Waals surface area (Å²) >= 11 is 10.00. The maximum absolute atomic E-state index is 9.63. The quantitative estimate of drug-likeness (QED) is 0.146. The van der Waals surface area contributed by atoms with Crippen LogP contribution in [-0.4, -0.2) is 9.97 Å². The van der Waals surface area contributed by atoms with Gasteiger partial charge in [0.1, 0.15) is 12.1 Å². The van der Waals surface area contributed by atoms with E-state index < -0.39 is 0 Å². The number of pyridine rings is 2. The first kappa shape index (κ1) is 30.5. The van der Waals surface area contributed by atoms with Gasteiger partial charge in [-0.15, -0.1) is 68.0 Å². The fraction of sp³-hybridized carbons (Fsp3) is 0. The predicted molar refractivity (Wildman–Crippen MR) is 208 cm³/mol. The minimum atomic E-state index is 0.688. The molecule has 8 rings (SSSR count). The zero-order valence-corrected chi connectivity index (χ0v) is 29.7. The lowest BCUT2D eigenvalue weighted by molar-refractivity contribution is 1.34. The Kier molecular flexibility index (Phi) is 8.52. The lowest BCUT2D eigenvalue weighted by atomic mass is 10.1. The summed E-state index contributed by atoms with van der Waals surface area (Å²) in [6.07, 6.45) is 7.79. The van der Waals surface area contributed by atoms with Crippen molar-refractivity contribution in [3.63, 3.8) is 0 Å². The van der Waals surface area contributed by atoms with Gasteiger partial charge in [-0.25, -0.2) is 0 Å². The van der Waals surface area contributed by atoms with Gasteiger partial charge in [-0.3, -0.25) is 9.97 Å². The normalized spacial score (nSPS) is 12.0. The Labute approximate surface area is 300 Å². The highest BCUT2D eigenvalue weighted by Crippen LogP contribution is 2.41. The Hall–Kier alpha value is -4.78. The van der Waals surface area contributed by atoms with E-state index in [1.165, 1.54) is 19.5 Å². The van der Waals surface area contributed by atoms with Crippen LogP contribution in [-0.2, 0) is 0 Å². The monoisotopic (exact) mass is 724 g/mol. The van der Waals surface area contributed by atoms with Crippen LogP contribution in [0.3, 0.4) is 0 Å². The molecule has 0 N–H and O–H groups in total. The van der Waals surface area contributed by atoms with Crippen LogP contribution in [0.5, 0.6) is 0 Å². The van der Waals surface area contributed by atoms with E-state index in [2.05, 4.69) is 72.8 Å². The number of hydrogen-bond acceptors (Lipinski definition) is 10. The second-order valence-corrected chi connectivity index (χ2v) is 16.8. The van der Waals surface area contributed by atoms with Gasteiger partial charge >= 0.3 is 0 Å². The van der Waals surface area contributed by atoms with E-state index in [-0.39, 0.29) is 0 Å². The summed E-state index contributed by atoms with van der Waals surface area (Å²) in [4.78, 5) is 20.7. The number of allylic oxidation sites excluding steroid dienone is 2. The summed E-state index contributed by atoms with van der Waals surface area (Å²) in [7, 11) is 0. The molecule has 0 aliphatic heterocycles. The number of aromatic nitrogens is 2. The zero-order valence-electron chi connectivity index (χ0n) is 24.8. The van der Waals surface area contributed by atoms with E-state index in [1.807, 2.05) is 59.6 Å². The lowest BCUT2D eigenvalue weighted by Crippen LogP contribution is -1.86. The van der Waals surface area contributed by atoms with Gasteiger partial charge in [0.2, 0.25) is 0 Å². The largest absolute Gasteiger partial charge is 0.254 e. The minimum absolute atomic E-state index is 0.688. The number of fused-ring (bicyclic) bond motifs is 1. The standard InChI is InChI=1S/C38H20N4S6/c39-19-23(31-3-1-13-43-31)15-27-5-7-35(45-27)37-11-9-33(47-37)25-17-29-30(41-21-25)18-26(22-42-29)34-10-12-38(48-34)36-8-6-28(46-36)16-24(20-40)32-4-2-14-44-32/h1-18,21-22H. The molecule has 0 saturated heterocycles. The summed E-state index contributed by atoms with van der Waals surface area (Å²) < 4.78 is 0. The molecule has 0 bridgehead atoms. The van der Waals surface area contributed by atoms with Crippen LogP contribution < -0.4 is 0 Å². The Morgan fingerprint density at radius 2 is 0.938 bits per heavy atom. The predicted octanol–water partition coefficient (Wildman–Crippen LogP) is 12.8. The molecule has 228 valence electrons. The number of thiophene rings is 6. The molecule has 0 aliphatic rings. The zero-order chi connectivity index (χ0) is 32.5. The molecule has 4 nitrogen and oxygen atoms in total. The van der Waals surface area contributed by atoms with E-state index in [9.17, 15) is 10.5 Å². The van der Waals surface area contributed by atoms with Crippen molar-refractivity contribution in [2.75, 3.05) is 0 Å². The molecule has 8 aromatic heterocycles. The SMILES string of the molecule is N#CC(=Cc1ccc(-c2ccc(-c3cnc4cc(-c5ccc(-c6ccc(C=C(C#N)c7cccs7)s6)s5)cnc4c3)s2)s1)c1cccs1. The van der Waals surface area contributed by atoms with E-state index in [0.717, 1.165) is 51.4 Å². The molecule has 48 heavy (non-hydrogen) atoms. The van der Waals surface area contributed by atoms with E-state index >= 15 is 0 Å². The van der Waals surface area contributed by atoms with Crippen LogP contribution in [0, 0.1) is 22.7 Å². The molecule has 0 aromatic carbocycles. The molecular weight excluding hydrogens is 705 g/mol. The molecule has 10 heteroatoms. The van der Waals surface area contributed by atoms with Crippen molar-refractivity contribution in [1.82, 2.24) is 9.97 Å². The van der Waals surface area contributed by atoms with Gasteiger partial charge in [-0.1, -0.05) is 12.1 Å². The van der Waals surface area contributed by atoms with Gasteiger partial charge < -0.3 is 0 Å². The third-order valence-corrected chi connectivity index (χ3v) is 14.0. The summed E-state index contributed by atoms with van der Waals surface area (Å²) in [5.74, 6) is 0. The molecule has 0 saturated carbocycles. The van der Waals surface area contributed by atoms with Gasteiger partial charge in [-0.05, 0) is 95.7 Å². The molecular formula is C38H20N4S6. The first-order chi connectivity index (χ1) is 23.6.